The van der Waals surface area contributed by atoms with Gasteiger partial charge in [0.15, 0.2) is 0 Å². The van der Waals surface area contributed by atoms with Crippen molar-refractivity contribution >= 4 is 11.6 Å². The van der Waals surface area contributed by atoms with Crippen LogP contribution in [0.25, 0.3) is 0 Å². The number of carbonyl (C=O) groups is 1. The monoisotopic (exact) mass is 283 g/mol. The van der Waals surface area contributed by atoms with E-state index in [2.05, 4.69) is 5.32 Å². The minimum absolute atomic E-state index is 0.125. The first-order valence-corrected chi connectivity index (χ1v) is 6.34. The molecule has 21 heavy (non-hydrogen) atoms. The van der Waals surface area contributed by atoms with E-state index in [4.69, 9.17) is 11.0 Å². The van der Waals surface area contributed by atoms with Crippen LogP contribution in [-0.2, 0) is 6.54 Å². The van der Waals surface area contributed by atoms with Crippen LogP contribution in [0.4, 0.5) is 10.1 Å². The number of halogens is 1. The molecule has 0 radical (unpaired) electrons. The third-order valence-corrected chi connectivity index (χ3v) is 3.19. The maximum absolute atomic E-state index is 13.7. The zero-order valence-electron chi connectivity index (χ0n) is 11.5. The van der Waals surface area contributed by atoms with Gasteiger partial charge in [-0.3, -0.25) is 4.79 Å². The van der Waals surface area contributed by atoms with Crippen molar-refractivity contribution in [2.75, 3.05) is 5.32 Å². The topological polar surface area (TPSA) is 78.9 Å². The fraction of sp³-hybridized carbons (Fsp3) is 0.125. The highest BCUT2D eigenvalue weighted by Gasteiger charge is 2.10. The first-order chi connectivity index (χ1) is 10.0. The Morgan fingerprint density at radius 3 is 2.57 bits per heavy atom. The summed E-state index contributed by atoms with van der Waals surface area (Å²) in [6.07, 6.45) is 0. The molecule has 3 N–H and O–H groups in total. The number of amides is 1. The summed E-state index contributed by atoms with van der Waals surface area (Å²) in [5.41, 5.74) is 7.77. The molecule has 0 bridgehead atoms. The minimum atomic E-state index is -0.671. The summed E-state index contributed by atoms with van der Waals surface area (Å²) in [6, 6.07) is 11.8. The zero-order valence-corrected chi connectivity index (χ0v) is 11.5. The predicted molar refractivity (Wildman–Crippen MR) is 78.1 cm³/mol. The maximum atomic E-state index is 13.7. The van der Waals surface area contributed by atoms with Gasteiger partial charge in [-0.25, -0.2) is 4.39 Å². The molecule has 0 saturated heterocycles. The lowest BCUT2D eigenvalue weighted by Gasteiger charge is -2.12. The summed E-state index contributed by atoms with van der Waals surface area (Å²) in [4.78, 5) is 11.2. The van der Waals surface area contributed by atoms with Gasteiger partial charge in [-0.1, -0.05) is 12.1 Å². The van der Waals surface area contributed by atoms with E-state index in [9.17, 15) is 9.18 Å². The lowest BCUT2D eigenvalue weighted by molar-refractivity contribution is 0.1000. The average Bonchev–Trinajstić information content (AvgIpc) is 2.49. The number of nitrogens with zero attached hydrogens (tertiary/aromatic N) is 1. The molecule has 0 heterocycles. The van der Waals surface area contributed by atoms with E-state index in [0.717, 1.165) is 11.6 Å². The number of primary amides is 1. The van der Waals surface area contributed by atoms with Crippen LogP contribution in [0.5, 0.6) is 0 Å². The van der Waals surface area contributed by atoms with Crippen molar-refractivity contribution in [3.8, 4) is 6.07 Å². The van der Waals surface area contributed by atoms with Gasteiger partial charge in [0.25, 0.3) is 0 Å². The Hall–Kier alpha value is -2.87. The normalized spacial score (nSPS) is 9.95. The van der Waals surface area contributed by atoms with Crippen molar-refractivity contribution in [3.05, 3.63) is 64.5 Å². The van der Waals surface area contributed by atoms with E-state index in [-0.39, 0.29) is 5.56 Å². The van der Waals surface area contributed by atoms with Crippen LogP contribution in [0.3, 0.4) is 0 Å². The molecule has 106 valence electrons. The lowest BCUT2D eigenvalue weighted by Crippen LogP contribution is -2.13. The predicted octanol–water partition coefficient (Wildman–Crippen LogP) is 2.72. The smallest absolute Gasteiger partial charge is 0.248 e. The Balaban J connectivity index is 2.19. The molecule has 0 atom stereocenters. The number of nitriles is 1. The highest BCUT2D eigenvalue weighted by molar-refractivity contribution is 5.94. The number of rotatable bonds is 4. The molecular formula is C16H14FN3O. The molecule has 0 aliphatic heterocycles. The van der Waals surface area contributed by atoms with Crippen LogP contribution < -0.4 is 11.1 Å². The molecule has 5 heteroatoms. The van der Waals surface area contributed by atoms with Crippen molar-refractivity contribution in [2.45, 2.75) is 13.5 Å². The summed E-state index contributed by atoms with van der Waals surface area (Å²) < 4.78 is 13.7. The first kappa shape index (κ1) is 14.5. The molecule has 4 nitrogen and oxygen atoms in total. The molecule has 2 rings (SSSR count). The first-order valence-electron chi connectivity index (χ1n) is 6.34. The highest BCUT2D eigenvalue weighted by Crippen LogP contribution is 2.21. The van der Waals surface area contributed by atoms with Crippen molar-refractivity contribution in [3.63, 3.8) is 0 Å². The number of nitrogens with one attached hydrogen (secondary N) is 1. The quantitative estimate of drug-likeness (QED) is 0.905. The maximum Gasteiger partial charge on any atom is 0.248 e. The van der Waals surface area contributed by atoms with E-state index >= 15 is 0 Å². The van der Waals surface area contributed by atoms with Gasteiger partial charge in [-0.05, 0) is 36.8 Å². The molecule has 0 aliphatic rings. The number of hydrogen-bond donors (Lipinski definition) is 2. The molecule has 0 saturated carbocycles. The number of carbonyl (C=O) groups excluding carboxylic acids is 1. The van der Waals surface area contributed by atoms with Crippen LogP contribution in [0.15, 0.2) is 36.4 Å². The zero-order chi connectivity index (χ0) is 15.4. The van der Waals surface area contributed by atoms with Crippen LogP contribution in [-0.4, -0.2) is 5.91 Å². The van der Waals surface area contributed by atoms with Crippen molar-refractivity contribution in [1.29, 1.82) is 5.26 Å². The van der Waals surface area contributed by atoms with Crippen LogP contribution in [0.1, 0.15) is 27.0 Å². The van der Waals surface area contributed by atoms with Crippen molar-refractivity contribution in [2.24, 2.45) is 5.73 Å². The summed E-state index contributed by atoms with van der Waals surface area (Å²) >= 11 is 0. The van der Waals surface area contributed by atoms with Crippen molar-refractivity contribution in [1.82, 2.24) is 0 Å². The fourth-order valence-electron chi connectivity index (χ4n) is 1.90. The van der Waals surface area contributed by atoms with Gasteiger partial charge in [0.1, 0.15) is 5.82 Å². The fourth-order valence-corrected chi connectivity index (χ4v) is 1.90. The molecule has 2 aromatic rings. The largest absolute Gasteiger partial charge is 0.381 e. The average molecular weight is 283 g/mol. The third kappa shape index (κ3) is 3.37. The number of nitrogens with two attached hydrogens (primary N) is 1. The standard InChI is InChI=1S/C16H14FN3O/c1-10-14(17)6-13(16(19)21)7-15(10)20-9-12-4-2-11(8-18)3-5-12/h2-7,20H,9H2,1H3,(H2,19,21). The van der Waals surface area contributed by atoms with Gasteiger partial charge in [-0.15, -0.1) is 0 Å². The number of hydrogen-bond acceptors (Lipinski definition) is 3. The Morgan fingerprint density at radius 2 is 2.00 bits per heavy atom. The van der Waals surface area contributed by atoms with Crippen molar-refractivity contribution < 1.29 is 9.18 Å². The van der Waals surface area contributed by atoms with Gasteiger partial charge < -0.3 is 11.1 Å². The van der Waals surface area contributed by atoms with E-state index in [0.29, 0.717) is 23.4 Å². The van der Waals surface area contributed by atoms with Crippen LogP contribution >= 0.6 is 0 Å². The Labute approximate surface area is 122 Å². The number of anilines is 1. The summed E-state index contributed by atoms with van der Waals surface area (Å²) in [5, 5.41) is 11.8. The molecule has 0 fully saturated rings. The number of benzene rings is 2. The second-order valence-electron chi connectivity index (χ2n) is 4.66. The molecule has 2 aromatic carbocycles. The van der Waals surface area contributed by atoms with Gasteiger partial charge in [-0.2, -0.15) is 5.26 Å². The van der Waals surface area contributed by atoms with E-state index in [1.54, 1.807) is 19.1 Å². The van der Waals surface area contributed by atoms with Gasteiger partial charge in [0.05, 0.1) is 11.6 Å². The van der Waals surface area contributed by atoms with Crippen LogP contribution in [0, 0.1) is 24.1 Å². The van der Waals surface area contributed by atoms with E-state index < -0.39 is 11.7 Å². The van der Waals surface area contributed by atoms with E-state index in [1.165, 1.54) is 6.07 Å². The summed E-state index contributed by atoms with van der Waals surface area (Å²) in [7, 11) is 0. The van der Waals surface area contributed by atoms with E-state index in [1.807, 2.05) is 18.2 Å². The van der Waals surface area contributed by atoms with Gasteiger partial charge in [0, 0.05) is 23.4 Å². The molecule has 0 unspecified atom stereocenters. The summed E-state index contributed by atoms with van der Waals surface area (Å²) in [6.45, 7) is 2.08. The molecule has 0 aromatic heterocycles. The molecule has 0 spiro atoms. The SMILES string of the molecule is Cc1c(F)cc(C(N)=O)cc1NCc1ccc(C#N)cc1. The van der Waals surface area contributed by atoms with Gasteiger partial charge >= 0.3 is 0 Å². The second-order valence-corrected chi connectivity index (χ2v) is 4.66. The summed E-state index contributed by atoms with van der Waals surface area (Å²) in [5.74, 6) is -1.15. The highest BCUT2D eigenvalue weighted by atomic mass is 19.1. The molecule has 0 aliphatic carbocycles. The third-order valence-electron chi connectivity index (χ3n) is 3.19. The van der Waals surface area contributed by atoms with Crippen LogP contribution in [0.2, 0.25) is 0 Å². The molecular weight excluding hydrogens is 269 g/mol. The minimum Gasteiger partial charge on any atom is -0.381 e. The second kappa shape index (κ2) is 6.06. The van der Waals surface area contributed by atoms with Gasteiger partial charge in [0.2, 0.25) is 5.91 Å². The lowest BCUT2D eigenvalue weighted by atomic mass is 10.1. The Morgan fingerprint density at radius 1 is 1.33 bits per heavy atom. The Bertz CT molecular complexity index is 718. The Kier molecular flexibility index (Phi) is 4.19. The molecule has 1 amide bonds.